The molecule has 3 N–H and O–H groups in total. The monoisotopic (exact) mass is 221 g/mol. The van der Waals surface area contributed by atoms with Crippen LogP contribution in [0.15, 0.2) is 0 Å². The molecule has 0 saturated heterocycles. The zero-order valence-electron chi connectivity index (χ0n) is 9.52. The molecule has 2 saturated carbocycles. The Morgan fingerprint density at radius 1 is 1.31 bits per heavy atom. The predicted octanol–water partition coefficient (Wildman–Crippen LogP) is 0.996. The Morgan fingerprint density at radius 3 is 2.75 bits per heavy atom. The lowest BCUT2D eigenvalue weighted by Crippen LogP contribution is -2.27. The maximum Gasteiger partial charge on any atom is 0.182 e. The van der Waals surface area contributed by atoms with Crippen LogP contribution in [0.1, 0.15) is 44.3 Å². The number of hydrogen-bond acceptors (Lipinski definition) is 4. The van der Waals surface area contributed by atoms with Gasteiger partial charge in [0, 0.05) is 12.0 Å². The summed E-state index contributed by atoms with van der Waals surface area (Å²) in [6, 6.07) is 0. The lowest BCUT2D eigenvalue weighted by molar-refractivity contribution is 0.299. The van der Waals surface area contributed by atoms with Gasteiger partial charge >= 0.3 is 0 Å². The number of hydrogen-bond donors (Lipinski definition) is 2. The molecule has 1 heterocycles. The van der Waals surface area contributed by atoms with Crippen molar-refractivity contribution in [2.24, 2.45) is 17.6 Å². The molecule has 3 rings (SSSR count). The van der Waals surface area contributed by atoms with Crippen LogP contribution in [-0.4, -0.2) is 27.2 Å². The van der Waals surface area contributed by atoms with Crippen LogP contribution >= 0.6 is 0 Å². The number of nitrogens with zero attached hydrogens (tertiary/aromatic N) is 3. The van der Waals surface area contributed by atoms with Gasteiger partial charge < -0.3 is 5.73 Å². The van der Waals surface area contributed by atoms with Gasteiger partial charge in [0.2, 0.25) is 0 Å². The van der Waals surface area contributed by atoms with E-state index < -0.39 is 0 Å². The summed E-state index contributed by atoms with van der Waals surface area (Å²) in [7, 11) is 0. The van der Waals surface area contributed by atoms with Crippen LogP contribution in [0.5, 0.6) is 0 Å². The topological polar surface area (TPSA) is 80.5 Å². The van der Waals surface area contributed by atoms with Gasteiger partial charge in [0.05, 0.1) is 0 Å². The molecule has 5 nitrogen and oxygen atoms in total. The zero-order chi connectivity index (χ0) is 11.0. The molecule has 5 heteroatoms. The second-order valence-electron chi connectivity index (χ2n) is 5.30. The van der Waals surface area contributed by atoms with E-state index in [2.05, 4.69) is 20.6 Å². The largest absolute Gasteiger partial charge is 0.329 e. The van der Waals surface area contributed by atoms with Gasteiger partial charge in [-0.3, -0.25) is 0 Å². The molecule has 0 amide bonds. The second kappa shape index (κ2) is 3.80. The first-order chi connectivity index (χ1) is 7.87. The van der Waals surface area contributed by atoms with E-state index in [0.717, 1.165) is 18.2 Å². The molecule has 2 atom stereocenters. The number of aromatic amines is 1. The highest BCUT2D eigenvalue weighted by Gasteiger charge is 2.59. The molecule has 1 aromatic rings. The Balaban J connectivity index is 1.75. The fraction of sp³-hybridized carbons (Fsp3) is 0.909. The van der Waals surface area contributed by atoms with Crippen molar-refractivity contribution in [1.82, 2.24) is 20.6 Å². The van der Waals surface area contributed by atoms with Crippen molar-refractivity contribution in [1.29, 1.82) is 0 Å². The summed E-state index contributed by atoms with van der Waals surface area (Å²) in [5.74, 6) is 2.39. The van der Waals surface area contributed by atoms with E-state index in [9.17, 15) is 0 Å². The molecule has 1 aromatic heterocycles. The molecule has 88 valence electrons. The van der Waals surface area contributed by atoms with E-state index in [0.29, 0.717) is 12.5 Å². The lowest BCUT2D eigenvalue weighted by atomic mass is 9.82. The van der Waals surface area contributed by atoms with Crippen LogP contribution in [-0.2, 0) is 5.41 Å². The van der Waals surface area contributed by atoms with Crippen LogP contribution in [0.2, 0.25) is 0 Å². The van der Waals surface area contributed by atoms with Gasteiger partial charge in [-0.2, -0.15) is 5.21 Å². The van der Waals surface area contributed by atoms with Gasteiger partial charge in [0.15, 0.2) is 5.82 Å². The van der Waals surface area contributed by atoms with Crippen LogP contribution in [0, 0.1) is 11.8 Å². The molecule has 2 aliphatic carbocycles. The number of nitrogens with one attached hydrogen (secondary N) is 1. The van der Waals surface area contributed by atoms with Crippen LogP contribution < -0.4 is 5.73 Å². The van der Waals surface area contributed by atoms with Gasteiger partial charge in [0.1, 0.15) is 0 Å². The molecule has 16 heavy (non-hydrogen) atoms. The van der Waals surface area contributed by atoms with Crippen LogP contribution in [0.3, 0.4) is 0 Å². The summed E-state index contributed by atoms with van der Waals surface area (Å²) in [5, 5.41) is 14.5. The smallest absolute Gasteiger partial charge is 0.182 e. The molecular formula is C11H19N5. The van der Waals surface area contributed by atoms with Gasteiger partial charge in [-0.15, -0.1) is 10.2 Å². The summed E-state index contributed by atoms with van der Waals surface area (Å²) < 4.78 is 0. The van der Waals surface area contributed by atoms with Crippen molar-refractivity contribution < 1.29 is 0 Å². The maximum atomic E-state index is 5.94. The first kappa shape index (κ1) is 10.2. The number of tetrazole rings is 1. The molecule has 2 aliphatic rings. The molecule has 0 aromatic carbocycles. The Kier molecular flexibility index (Phi) is 2.42. The lowest BCUT2D eigenvalue weighted by Gasteiger charge is -2.23. The first-order valence-corrected chi connectivity index (χ1v) is 6.31. The summed E-state index contributed by atoms with van der Waals surface area (Å²) in [6.45, 7) is 0.660. The summed E-state index contributed by atoms with van der Waals surface area (Å²) in [5.41, 5.74) is 5.99. The standard InChI is InChI=1S/C11H19N5/c12-7-11(10-13-15-16-14-10)6-9(11)8-4-2-1-3-5-8/h8-9H,1-7,12H2,(H,13,14,15,16). The Morgan fingerprint density at radius 2 is 2.12 bits per heavy atom. The van der Waals surface area contributed by atoms with Gasteiger partial charge in [-0.25, -0.2) is 0 Å². The fourth-order valence-electron chi connectivity index (χ4n) is 3.44. The average Bonchev–Trinajstić information content (AvgIpc) is 2.84. The minimum Gasteiger partial charge on any atom is -0.329 e. The Labute approximate surface area is 95.2 Å². The third-order valence-electron chi connectivity index (χ3n) is 4.51. The maximum absolute atomic E-state index is 5.94. The average molecular weight is 221 g/mol. The predicted molar refractivity (Wildman–Crippen MR) is 59.6 cm³/mol. The summed E-state index contributed by atoms with van der Waals surface area (Å²) in [4.78, 5) is 0. The first-order valence-electron chi connectivity index (χ1n) is 6.31. The van der Waals surface area contributed by atoms with Crippen molar-refractivity contribution in [3.05, 3.63) is 5.82 Å². The van der Waals surface area contributed by atoms with E-state index in [1.165, 1.54) is 32.1 Å². The Hall–Kier alpha value is -0.970. The van der Waals surface area contributed by atoms with Crippen LogP contribution in [0.4, 0.5) is 0 Å². The second-order valence-corrected chi connectivity index (χ2v) is 5.30. The van der Waals surface area contributed by atoms with Crippen LogP contribution in [0.25, 0.3) is 0 Å². The third kappa shape index (κ3) is 1.45. The van der Waals surface area contributed by atoms with E-state index in [1.54, 1.807) is 0 Å². The molecule has 0 aliphatic heterocycles. The fourth-order valence-corrected chi connectivity index (χ4v) is 3.44. The molecular weight excluding hydrogens is 202 g/mol. The zero-order valence-corrected chi connectivity index (χ0v) is 9.52. The highest BCUT2D eigenvalue weighted by atomic mass is 15.5. The molecule has 0 radical (unpaired) electrons. The highest BCUT2D eigenvalue weighted by Crippen LogP contribution is 2.58. The van der Waals surface area contributed by atoms with Crippen molar-refractivity contribution in [3.63, 3.8) is 0 Å². The molecule has 2 fully saturated rings. The van der Waals surface area contributed by atoms with E-state index in [-0.39, 0.29) is 5.41 Å². The van der Waals surface area contributed by atoms with Gasteiger partial charge in [0.25, 0.3) is 0 Å². The van der Waals surface area contributed by atoms with Gasteiger partial charge in [-0.05, 0) is 18.3 Å². The minimum absolute atomic E-state index is 0.0506. The van der Waals surface area contributed by atoms with Gasteiger partial charge in [-0.1, -0.05) is 37.3 Å². The molecule has 2 unspecified atom stereocenters. The van der Waals surface area contributed by atoms with E-state index in [1.807, 2.05) is 0 Å². The third-order valence-corrected chi connectivity index (χ3v) is 4.51. The summed E-state index contributed by atoms with van der Waals surface area (Å²) >= 11 is 0. The van der Waals surface area contributed by atoms with Crippen molar-refractivity contribution in [2.45, 2.75) is 43.9 Å². The van der Waals surface area contributed by atoms with E-state index in [4.69, 9.17) is 5.73 Å². The Bertz CT molecular complexity index is 343. The molecule has 0 spiro atoms. The van der Waals surface area contributed by atoms with Crippen molar-refractivity contribution in [3.8, 4) is 0 Å². The van der Waals surface area contributed by atoms with E-state index >= 15 is 0 Å². The summed E-state index contributed by atoms with van der Waals surface area (Å²) in [6.07, 6.45) is 8.06. The SMILES string of the molecule is NCC1(c2nn[nH]n2)CC1C1CCCCC1. The number of H-pyrrole nitrogens is 1. The minimum atomic E-state index is 0.0506. The number of rotatable bonds is 3. The highest BCUT2D eigenvalue weighted by molar-refractivity contribution is 5.23. The van der Waals surface area contributed by atoms with Crippen molar-refractivity contribution >= 4 is 0 Å². The quantitative estimate of drug-likeness (QED) is 0.797. The normalized spacial score (nSPS) is 35.2. The molecule has 0 bridgehead atoms. The van der Waals surface area contributed by atoms with Crippen molar-refractivity contribution in [2.75, 3.05) is 6.54 Å². The number of aromatic nitrogens is 4. The number of nitrogens with two attached hydrogens (primary N) is 1.